The Bertz CT molecular complexity index is 143. The zero-order chi connectivity index (χ0) is 7.11. The predicted molar refractivity (Wildman–Crippen MR) is 36.2 cm³/mol. The van der Waals surface area contributed by atoms with Gasteiger partial charge < -0.3 is 5.11 Å². The molecule has 0 saturated heterocycles. The summed E-state index contributed by atoms with van der Waals surface area (Å²) in [6.45, 7) is 0. The highest BCUT2D eigenvalue weighted by molar-refractivity contribution is 6.30. The second-order valence-corrected chi connectivity index (χ2v) is 1.65. The molecule has 0 radical (unpaired) electrons. The third kappa shape index (κ3) is 3.94. The van der Waals surface area contributed by atoms with Crippen molar-refractivity contribution in [1.82, 2.24) is 0 Å². The van der Waals surface area contributed by atoms with Crippen LogP contribution in [0.2, 0.25) is 5.02 Å². The van der Waals surface area contributed by atoms with Crippen molar-refractivity contribution < 1.29 is 10.1 Å². The van der Waals surface area contributed by atoms with Gasteiger partial charge in [0.15, 0.2) is 12.4 Å². The van der Waals surface area contributed by atoms with E-state index >= 15 is 0 Å². The van der Waals surface area contributed by atoms with Crippen LogP contribution >= 0.6 is 11.6 Å². The average molecular weight is 147 g/mol. The van der Waals surface area contributed by atoms with Crippen molar-refractivity contribution in [1.29, 1.82) is 0 Å². The Morgan fingerprint density at radius 2 is 1.78 bits per heavy atom. The first-order valence-corrected chi connectivity index (χ1v) is 2.84. The van der Waals surface area contributed by atoms with Gasteiger partial charge in [0.1, 0.15) is 0 Å². The van der Waals surface area contributed by atoms with Crippen LogP contribution < -0.4 is 4.98 Å². The van der Waals surface area contributed by atoms with Crippen LogP contribution in [0.15, 0.2) is 24.5 Å². The summed E-state index contributed by atoms with van der Waals surface area (Å²) in [4.78, 5) is 2.85. The largest absolute Gasteiger partial charge is 0.400 e. The molecule has 2 nitrogen and oxygen atoms in total. The molecular formula is C6H9ClNO+. The summed E-state index contributed by atoms with van der Waals surface area (Å²) in [5.41, 5.74) is 0. The number of aromatic amines is 1. The van der Waals surface area contributed by atoms with Crippen molar-refractivity contribution in [3.8, 4) is 0 Å². The number of halogens is 1. The lowest BCUT2D eigenvalue weighted by Gasteiger charge is -1.74. The molecular weight excluding hydrogens is 138 g/mol. The Hall–Kier alpha value is -0.600. The summed E-state index contributed by atoms with van der Waals surface area (Å²) in [7, 11) is 1.00. The number of aliphatic hydroxyl groups excluding tert-OH is 1. The van der Waals surface area contributed by atoms with Crippen LogP contribution in [0.25, 0.3) is 0 Å². The highest BCUT2D eigenvalue weighted by Crippen LogP contribution is 2.00. The molecule has 0 aliphatic carbocycles. The summed E-state index contributed by atoms with van der Waals surface area (Å²) in [5.74, 6) is 0. The number of nitrogens with one attached hydrogen (secondary N) is 1. The van der Waals surface area contributed by atoms with Crippen molar-refractivity contribution in [2.24, 2.45) is 0 Å². The average Bonchev–Trinajstić information content (AvgIpc) is 1.94. The third-order valence-electron chi connectivity index (χ3n) is 0.678. The normalized spacial score (nSPS) is 7.44. The van der Waals surface area contributed by atoms with Crippen LogP contribution in [-0.4, -0.2) is 12.2 Å². The minimum absolute atomic E-state index is 0.763. The lowest BCUT2D eigenvalue weighted by molar-refractivity contribution is -0.377. The van der Waals surface area contributed by atoms with E-state index in [0.717, 1.165) is 12.1 Å². The van der Waals surface area contributed by atoms with Gasteiger partial charge in [-0.25, -0.2) is 4.98 Å². The molecule has 9 heavy (non-hydrogen) atoms. The number of aromatic nitrogens is 1. The molecule has 0 spiro atoms. The molecule has 0 aliphatic heterocycles. The van der Waals surface area contributed by atoms with E-state index in [1.807, 2.05) is 0 Å². The summed E-state index contributed by atoms with van der Waals surface area (Å²) in [5, 5.41) is 7.76. The van der Waals surface area contributed by atoms with Crippen LogP contribution in [0.1, 0.15) is 0 Å². The van der Waals surface area contributed by atoms with Gasteiger partial charge in [-0.15, -0.1) is 0 Å². The Labute approximate surface area is 59.1 Å². The molecule has 1 heterocycles. The number of pyridine rings is 1. The van der Waals surface area contributed by atoms with E-state index in [1.165, 1.54) is 0 Å². The van der Waals surface area contributed by atoms with E-state index < -0.39 is 0 Å². The second kappa shape index (κ2) is 5.54. The highest BCUT2D eigenvalue weighted by Gasteiger charge is 1.80. The quantitative estimate of drug-likeness (QED) is 0.576. The summed E-state index contributed by atoms with van der Waals surface area (Å²) >= 11 is 5.52. The molecule has 2 N–H and O–H groups in total. The molecule has 0 unspecified atom stereocenters. The first-order chi connectivity index (χ1) is 4.39. The van der Waals surface area contributed by atoms with Crippen LogP contribution in [0, 0.1) is 0 Å². The molecule has 50 valence electrons. The standard InChI is InChI=1S/C5H4ClN.CH4O/c6-5-1-3-7-4-2-5;1-2/h1-4H;2H,1H3/p+1. The van der Waals surface area contributed by atoms with Gasteiger partial charge in [0.05, 0.1) is 5.02 Å². The van der Waals surface area contributed by atoms with Crippen molar-refractivity contribution in [2.45, 2.75) is 0 Å². The zero-order valence-corrected chi connectivity index (χ0v) is 5.89. The molecule has 0 fully saturated rings. The molecule has 0 saturated carbocycles. The van der Waals surface area contributed by atoms with Gasteiger partial charge in [-0.1, -0.05) is 11.6 Å². The molecule has 0 aliphatic rings. The van der Waals surface area contributed by atoms with Gasteiger partial charge in [-0.05, 0) is 0 Å². The van der Waals surface area contributed by atoms with Crippen molar-refractivity contribution in [3.63, 3.8) is 0 Å². The first-order valence-electron chi connectivity index (χ1n) is 2.46. The Morgan fingerprint density at radius 3 is 2.00 bits per heavy atom. The number of H-pyrrole nitrogens is 1. The van der Waals surface area contributed by atoms with Crippen LogP contribution in [-0.2, 0) is 0 Å². The molecule has 0 bridgehead atoms. The number of hydrogen-bond acceptors (Lipinski definition) is 1. The highest BCUT2D eigenvalue weighted by atomic mass is 35.5. The second-order valence-electron chi connectivity index (χ2n) is 1.22. The predicted octanol–water partition coefficient (Wildman–Crippen LogP) is 0.763. The maximum Gasteiger partial charge on any atom is 0.168 e. The van der Waals surface area contributed by atoms with Gasteiger partial charge in [0.2, 0.25) is 0 Å². The molecule has 1 aromatic heterocycles. The Kier molecular flexibility index (Phi) is 5.17. The van der Waals surface area contributed by atoms with E-state index in [2.05, 4.69) is 4.98 Å². The minimum atomic E-state index is 0.763. The Balaban J connectivity index is 0.000000291. The van der Waals surface area contributed by atoms with Gasteiger partial charge >= 0.3 is 0 Å². The van der Waals surface area contributed by atoms with E-state index in [9.17, 15) is 0 Å². The minimum Gasteiger partial charge on any atom is -0.400 e. The van der Waals surface area contributed by atoms with E-state index in [1.54, 1.807) is 24.5 Å². The summed E-state index contributed by atoms with van der Waals surface area (Å²) in [6.07, 6.45) is 3.56. The molecule has 3 heteroatoms. The smallest absolute Gasteiger partial charge is 0.168 e. The van der Waals surface area contributed by atoms with E-state index in [-0.39, 0.29) is 0 Å². The fourth-order valence-corrected chi connectivity index (χ4v) is 0.493. The maximum atomic E-state index is 7.00. The lowest BCUT2D eigenvalue weighted by Crippen LogP contribution is -1.94. The molecule has 1 aromatic rings. The SMILES string of the molecule is CO.Clc1cc[nH+]cc1. The summed E-state index contributed by atoms with van der Waals surface area (Å²) < 4.78 is 0. The van der Waals surface area contributed by atoms with Crippen LogP contribution in [0.3, 0.4) is 0 Å². The van der Waals surface area contributed by atoms with Gasteiger partial charge in [-0.2, -0.15) is 0 Å². The van der Waals surface area contributed by atoms with Gasteiger partial charge in [0.25, 0.3) is 0 Å². The molecule has 0 amide bonds. The number of aliphatic hydroxyl groups is 1. The first kappa shape index (κ1) is 8.40. The Morgan fingerprint density at radius 1 is 1.33 bits per heavy atom. The number of hydrogen-bond donors (Lipinski definition) is 1. The van der Waals surface area contributed by atoms with Crippen LogP contribution in [0.4, 0.5) is 0 Å². The van der Waals surface area contributed by atoms with Gasteiger partial charge in [-0.3, -0.25) is 0 Å². The fourth-order valence-electron chi connectivity index (χ4n) is 0.367. The third-order valence-corrected chi connectivity index (χ3v) is 0.930. The van der Waals surface area contributed by atoms with Crippen LogP contribution in [0.5, 0.6) is 0 Å². The van der Waals surface area contributed by atoms with E-state index in [4.69, 9.17) is 16.7 Å². The lowest BCUT2D eigenvalue weighted by atomic mass is 10.5. The van der Waals surface area contributed by atoms with Crippen molar-refractivity contribution in [3.05, 3.63) is 29.5 Å². The molecule has 1 rings (SSSR count). The fraction of sp³-hybridized carbons (Fsp3) is 0.167. The topological polar surface area (TPSA) is 34.4 Å². The van der Waals surface area contributed by atoms with Crippen molar-refractivity contribution >= 4 is 11.6 Å². The maximum absolute atomic E-state index is 7.00. The monoisotopic (exact) mass is 146 g/mol. The zero-order valence-electron chi connectivity index (χ0n) is 5.13. The molecule has 0 atom stereocenters. The molecule has 0 aromatic carbocycles. The summed E-state index contributed by atoms with van der Waals surface area (Å²) in [6, 6.07) is 3.59. The van der Waals surface area contributed by atoms with Crippen molar-refractivity contribution in [2.75, 3.05) is 7.11 Å². The number of rotatable bonds is 0. The van der Waals surface area contributed by atoms with Gasteiger partial charge in [0, 0.05) is 19.2 Å². The van der Waals surface area contributed by atoms with E-state index in [0.29, 0.717) is 0 Å².